The van der Waals surface area contributed by atoms with E-state index in [9.17, 15) is 0 Å². The number of thiocarbonyl (C=S) groups is 1. The van der Waals surface area contributed by atoms with Crippen molar-refractivity contribution in [2.75, 3.05) is 12.4 Å². The third-order valence-corrected chi connectivity index (χ3v) is 5.41. The minimum absolute atomic E-state index is 0.531. The molecular weight excluding hydrogens is 304 g/mol. The summed E-state index contributed by atoms with van der Waals surface area (Å²) < 4.78 is 5.37. The van der Waals surface area contributed by atoms with Crippen molar-refractivity contribution in [1.82, 2.24) is 5.32 Å². The Labute approximate surface area is 136 Å². The van der Waals surface area contributed by atoms with Gasteiger partial charge in [0.1, 0.15) is 5.75 Å². The zero-order valence-corrected chi connectivity index (χ0v) is 14.0. The Bertz CT molecular complexity index is 563. The van der Waals surface area contributed by atoms with Crippen molar-refractivity contribution in [2.24, 2.45) is 11.8 Å². The molecule has 114 valence electrons. The van der Waals surface area contributed by atoms with Gasteiger partial charge < -0.3 is 15.4 Å². The molecule has 2 aliphatic carbocycles. The lowest BCUT2D eigenvalue weighted by atomic mass is 9.95. The Morgan fingerprint density at radius 2 is 2.14 bits per heavy atom. The standard InChI is InChI=1S/C16H21ClN2OS/c1-9-5-14(15(20-2)8-12(9)17)19-16(21)18-13-7-10-3-4-11(13)6-10/h5,8,10-11,13H,3-4,6-7H2,1-2H3,(H2,18,19,21)/t10-,11+,13+/m0/s1. The molecule has 5 heteroatoms. The summed E-state index contributed by atoms with van der Waals surface area (Å²) >= 11 is 11.6. The molecule has 0 heterocycles. The van der Waals surface area contributed by atoms with E-state index in [-0.39, 0.29) is 0 Å². The molecule has 1 aromatic carbocycles. The molecule has 2 fully saturated rings. The minimum atomic E-state index is 0.531. The lowest BCUT2D eigenvalue weighted by Gasteiger charge is -2.25. The fourth-order valence-corrected chi connectivity index (χ4v) is 4.09. The molecular formula is C16H21ClN2OS. The summed E-state index contributed by atoms with van der Waals surface area (Å²) in [4.78, 5) is 0. The number of benzene rings is 1. The molecule has 2 aliphatic rings. The van der Waals surface area contributed by atoms with E-state index >= 15 is 0 Å². The van der Waals surface area contributed by atoms with Gasteiger partial charge in [-0.15, -0.1) is 0 Å². The van der Waals surface area contributed by atoms with Crippen LogP contribution in [0, 0.1) is 18.8 Å². The van der Waals surface area contributed by atoms with Crippen molar-refractivity contribution >= 4 is 34.6 Å². The molecule has 3 atom stereocenters. The van der Waals surface area contributed by atoms with Crippen LogP contribution >= 0.6 is 23.8 Å². The van der Waals surface area contributed by atoms with E-state index in [2.05, 4.69) is 10.6 Å². The number of methoxy groups -OCH3 is 1. The maximum atomic E-state index is 6.13. The van der Waals surface area contributed by atoms with Crippen molar-refractivity contribution in [3.8, 4) is 5.75 Å². The number of rotatable bonds is 3. The molecule has 0 saturated heterocycles. The zero-order chi connectivity index (χ0) is 15.0. The van der Waals surface area contributed by atoms with Crippen LogP contribution in [0.5, 0.6) is 5.75 Å². The van der Waals surface area contributed by atoms with Gasteiger partial charge in [-0.2, -0.15) is 0 Å². The number of nitrogens with one attached hydrogen (secondary N) is 2. The van der Waals surface area contributed by atoms with Crippen LogP contribution in [0.1, 0.15) is 31.2 Å². The van der Waals surface area contributed by atoms with Crippen LogP contribution < -0.4 is 15.4 Å². The average Bonchev–Trinajstić information content (AvgIpc) is 3.05. The third kappa shape index (κ3) is 3.11. The second-order valence-corrected chi connectivity index (χ2v) is 7.00. The quantitative estimate of drug-likeness (QED) is 0.819. The summed E-state index contributed by atoms with van der Waals surface area (Å²) in [5.74, 6) is 2.41. The SMILES string of the molecule is COc1cc(Cl)c(C)cc1NC(=S)N[C@@H]1C[C@H]2CC[C@@H]1C2. The van der Waals surface area contributed by atoms with E-state index in [4.69, 9.17) is 28.6 Å². The second kappa shape index (κ2) is 6.01. The first-order valence-electron chi connectivity index (χ1n) is 7.48. The van der Waals surface area contributed by atoms with Crippen LogP contribution in [0.25, 0.3) is 0 Å². The van der Waals surface area contributed by atoms with E-state index in [1.54, 1.807) is 7.11 Å². The molecule has 1 aromatic rings. The summed E-state index contributed by atoms with van der Waals surface area (Å²) in [6.45, 7) is 1.97. The Kier molecular flexibility index (Phi) is 4.27. The lowest BCUT2D eigenvalue weighted by Crippen LogP contribution is -2.40. The van der Waals surface area contributed by atoms with Gasteiger partial charge in [0.15, 0.2) is 5.11 Å². The maximum Gasteiger partial charge on any atom is 0.171 e. The number of anilines is 1. The summed E-state index contributed by atoms with van der Waals surface area (Å²) in [6, 6.07) is 4.32. The highest BCUT2D eigenvalue weighted by atomic mass is 35.5. The normalized spacial score (nSPS) is 26.7. The van der Waals surface area contributed by atoms with Gasteiger partial charge in [-0.3, -0.25) is 0 Å². The first kappa shape index (κ1) is 14.9. The van der Waals surface area contributed by atoms with Crippen LogP contribution in [0.2, 0.25) is 5.02 Å². The smallest absolute Gasteiger partial charge is 0.171 e. The molecule has 0 radical (unpaired) electrons. The fraction of sp³-hybridized carbons (Fsp3) is 0.562. The minimum Gasteiger partial charge on any atom is -0.495 e. The Morgan fingerprint density at radius 3 is 2.76 bits per heavy atom. The van der Waals surface area contributed by atoms with E-state index in [0.29, 0.717) is 21.9 Å². The van der Waals surface area contributed by atoms with Gasteiger partial charge in [0.25, 0.3) is 0 Å². The number of ether oxygens (including phenoxy) is 1. The molecule has 21 heavy (non-hydrogen) atoms. The Hall–Kier alpha value is -1.00. The van der Waals surface area contributed by atoms with E-state index in [0.717, 1.165) is 23.1 Å². The molecule has 2 saturated carbocycles. The van der Waals surface area contributed by atoms with Gasteiger partial charge >= 0.3 is 0 Å². The Morgan fingerprint density at radius 1 is 1.33 bits per heavy atom. The highest BCUT2D eigenvalue weighted by molar-refractivity contribution is 7.80. The van der Waals surface area contributed by atoms with Crippen molar-refractivity contribution in [3.05, 3.63) is 22.7 Å². The van der Waals surface area contributed by atoms with Crippen molar-refractivity contribution in [2.45, 2.75) is 38.6 Å². The van der Waals surface area contributed by atoms with Gasteiger partial charge in [-0.1, -0.05) is 18.0 Å². The highest BCUT2D eigenvalue weighted by Gasteiger charge is 2.39. The van der Waals surface area contributed by atoms with E-state index in [1.807, 2.05) is 19.1 Å². The molecule has 2 N–H and O–H groups in total. The third-order valence-electron chi connectivity index (χ3n) is 4.78. The predicted octanol–water partition coefficient (Wildman–Crippen LogP) is 4.13. The highest BCUT2D eigenvalue weighted by Crippen LogP contribution is 2.44. The van der Waals surface area contributed by atoms with Gasteiger partial charge in [0, 0.05) is 17.1 Å². The van der Waals surface area contributed by atoms with E-state index in [1.165, 1.54) is 25.7 Å². The van der Waals surface area contributed by atoms with Crippen LogP contribution in [-0.2, 0) is 0 Å². The average molecular weight is 325 g/mol. The second-order valence-electron chi connectivity index (χ2n) is 6.18. The Balaban J connectivity index is 1.66. The van der Waals surface area contributed by atoms with E-state index < -0.39 is 0 Å². The van der Waals surface area contributed by atoms with Gasteiger partial charge in [-0.05, 0) is 61.9 Å². The van der Waals surface area contributed by atoms with Crippen LogP contribution in [0.4, 0.5) is 5.69 Å². The van der Waals surface area contributed by atoms with Crippen LogP contribution in [-0.4, -0.2) is 18.3 Å². The van der Waals surface area contributed by atoms with Gasteiger partial charge in [0.05, 0.1) is 12.8 Å². The monoisotopic (exact) mass is 324 g/mol. The van der Waals surface area contributed by atoms with Crippen LogP contribution in [0.3, 0.4) is 0 Å². The number of aryl methyl sites for hydroxylation is 1. The number of hydrogen-bond donors (Lipinski definition) is 2. The molecule has 0 unspecified atom stereocenters. The lowest BCUT2D eigenvalue weighted by molar-refractivity contribution is 0.391. The molecule has 3 nitrogen and oxygen atoms in total. The molecule has 2 bridgehead atoms. The first-order chi connectivity index (χ1) is 10.1. The molecule has 3 rings (SSSR count). The topological polar surface area (TPSA) is 33.3 Å². The number of fused-ring (bicyclic) bond motifs is 2. The molecule has 0 amide bonds. The molecule has 0 aliphatic heterocycles. The number of halogens is 1. The van der Waals surface area contributed by atoms with Crippen LogP contribution in [0.15, 0.2) is 12.1 Å². The van der Waals surface area contributed by atoms with Crippen molar-refractivity contribution in [1.29, 1.82) is 0 Å². The first-order valence-corrected chi connectivity index (χ1v) is 8.27. The largest absolute Gasteiger partial charge is 0.495 e. The number of hydrogen-bond acceptors (Lipinski definition) is 2. The molecule has 0 aromatic heterocycles. The van der Waals surface area contributed by atoms with Crippen molar-refractivity contribution < 1.29 is 4.74 Å². The fourth-order valence-electron chi connectivity index (χ4n) is 3.68. The summed E-state index contributed by atoms with van der Waals surface area (Å²) in [5, 5.41) is 8.10. The summed E-state index contributed by atoms with van der Waals surface area (Å²) in [6.07, 6.45) is 5.36. The maximum absolute atomic E-state index is 6.13. The molecule has 0 spiro atoms. The van der Waals surface area contributed by atoms with Crippen molar-refractivity contribution in [3.63, 3.8) is 0 Å². The predicted molar refractivity (Wildman–Crippen MR) is 91.3 cm³/mol. The summed E-state index contributed by atoms with van der Waals surface area (Å²) in [5.41, 5.74) is 1.86. The summed E-state index contributed by atoms with van der Waals surface area (Å²) in [7, 11) is 1.64. The zero-order valence-electron chi connectivity index (χ0n) is 12.4. The van der Waals surface area contributed by atoms with Gasteiger partial charge in [0.2, 0.25) is 0 Å². The van der Waals surface area contributed by atoms with Gasteiger partial charge in [-0.25, -0.2) is 0 Å².